The van der Waals surface area contributed by atoms with Crippen molar-refractivity contribution < 1.29 is 14.3 Å². The standard InChI is InChI=1S/C26H31N5O3/c1-18-7-5-9-21(15-18)31-23(19-10-13-30(14-11-19)25(33)34-26(2,3)4)22(17-28-31)24(32)29-20-8-6-12-27-16-20/h5-9,12,15-17,19H,10-11,13-14H2,1-4H3,(H,29,32). The van der Waals surface area contributed by atoms with Gasteiger partial charge >= 0.3 is 6.09 Å². The fourth-order valence-electron chi connectivity index (χ4n) is 4.19. The Labute approximate surface area is 199 Å². The molecule has 8 heteroatoms. The van der Waals surface area contributed by atoms with Crippen LogP contribution in [0.2, 0.25) is 0 Å². The van der Waals surface area contributed by atoms with Crippen molar-refractivity contribution in [3.8, 4) is 5.69 Å². The minimum atomic E-state index is -0.532. The van der Waals surface area contributed by atoms with Crippen LogP contribution in [0.1, 0.15) is 61.1 Å². The number of anilines is 1. The number of piperidine rings is 1. The fraction of sp³-hybridized carbons (Fsp3) is 0.385. The van der Waals surface area contributed by atoms with Gasteiger partial charge < -0.3 is 15.0 Å². The Morgan fingerprint density at radius 2 is 1.85 bits per heavy atom. The van der Waals surface area contributed by atoms with Crippen molar-refractivity contribution >= 4 is 17.7 Å². The van der Waals surface area contributed by atoms with Crippen LogP contribution in [0.5, 0.6) is 0 Å². The van der Waals surface area contributed by atoms with Crippen molar-refractivity contribution in [1.82, 2.24) is 19.7 Å². The number of carbonyl (C=O) groups excluding carboxylic acids is 2. The van der Waals surface area contributed by atoms with Crippen LogP contribution in [-0.4, -0.2) is 50.4 Å². The Hall–Kier alpha value is -3.68. The van der Waals surface area contributed by atoms with Gasteiger partial charge in [-0.3, -0.25) is 9.78 Å². The normalized spacial score (nSPS) is 14.6. The molecule has 0 saturated carbocycles. The number of rotatable bonds is 4. The van der Waals surface area contributed by atoms with E-state index in [1.54, 1.807) is 35.6 Å². The van der Waals surface area contributed by atoms with Crippen molar-refractivity contribution in [2.75, 3.05) is 18.4 Å². The van der Waals surface area contributed by atoms with Gasteiger partial charge in [-0.05, 0) is 70.4 Å². The fourth-order valence-corrected chi connectivity index (χ4v) is 4.19. The number of amides is 2. The molecule has 0 radical (unpaired) electrons. The second-order valence-corrected chi connectivity index (χ2v) is 9.63. The van der Waals surface area contributed by atoms with Crippen LogP contribution in [0.25, 0.3) is 5.69 Å². The number of nitrogens with zero attached hydrogens (tertiary/aromatic N) is 4. The molecule has 0 spiro atoms. The van der Waals surface area contributed by atoms with E-state index in [9.17, 15) is 9.59 Å². The first-order valence-electron chi connectivity index (χ1n) is 11.6. The number of carbonyl (C=O) groups is 2. The van der Waals surface area contributed by atoms with E-state index in [-0.39, 0.29) is 17.9 Å². The molecule has 1 fully saturated rings. The van der Waals surface area contributed by atoms with Crippen molar-refractivity contribution in [1.29, 1.82) is 0 Å². The summed E-state index contributed by atoms with van der Waals surface area (Å²) in [6.45, 7) is 8.74. The summed E-state index contributed by atoms with van der Waals surface area (Å²) in [4.78, 5) is 31.6. The lowest BCUT2D eigenvalue weighted by atomic mass is 9.90. The number of benzene rings is 1. The summed E-state index contributed by atoms with van der Waals surface area (Å²) in [5, 5.41) is 7.53. The number of nitrogens with one attached hydrogen (secondary N) is 1. The van der Waals surface area contributed by atoms with E-state index in [1.807, 2.05) is 50.6 Å². The summed E-state index contributed by atoms with van der Waals surface area (Å²) in [5.74, 6) is -0.159. The third-order valence-electron chi connectivity index (χ3n) is 5.75. The average molecular weight is 462 g/mol. The van der Waals surface area contributed by atoms with Gasteiger partial charge in [0, 0.05) is 25.2 Å². The van der Waals surface area contributed by atoms with E-state index in [1.165, 1.54) is 0 Å². The number of hydrogen-bond acceptors (Lipinski definition) is 5. The molecule has 34 heavy (non-hydrogen) atoms. The Kier molecular flexibility index (Phi) is 6.68. The maximum Gasteiger partial charge on any atom is 0.410 e. The van der Waals surface area contributed by atoms with E-state index < -0.39 is 5.60 Å². The van der Waals surface area contributed by atoms with Crippen LogP contribution < -0.4 is 5.32 Å². The molecule has 2 amide bonds. The molecule has 1 saturated heterocycles. The number of likely N-dealkylation sites (tertiary alicyclic amines) is 1. The van der Waals surface area contributed by atoms with Crippen LogP contribution in [0, 0.1) is 6.92 Å². The van der Waals surface area contributed by atoms with Crippen LogP contribution in [-0.2, 0) is 4.74 Å². The van der Waals surface area contributed by atoms with Crippen LogP contribution >= 0.6 is 0 Å². The number of aromatic nitrogens is 3. The van der Waals surface area contributed by atoms with Crippen molar-refractivity contribution in [2.24, 2.45) is 0 Å². The third-order valence-corrected chi connectivity index (χ3v) is 5.75. The summed E-state index contributed by atoms with van der Waals surface area (Å²) < 4.78 is 7.40. The lowest BCUT2D eigenvalue weighted by Crippen LogP contribution is -2.41. The van der Waals surface area contributed by atoms with Gasteiger partial charge in [0.2, 0.25) is 0 Å². The molecule has 0 aliphatic carbocycles. The predicted molar refractivity (Wildman–Crippen MR) is 130 cm³/mol. The Morgan fingerprint density at radius 3 is 2.50 bits per heavy atom. The Bertz CT molecular complexity index is 1160. The highest BCUT2D eigenvalue weighted by Crippen LogP contribution is 2.33. The molecule has 3 heterocycles. The zero-order valence-electron chi connectivity index (χ0n) is 20.1. The highest BCUT2D eigenvalue weighted by atomic mass is 16.6. The van der Waals surface area contributed by atoms with E-state index >= 15 is 0 Å². The molecule has 1 aliphatic rings. The van der Waals surface area contributed by atoms with E-state index in [0.29, 0.717) is 37.2 Å². The monoisotopic (exact) mass is 461 g/mol. The molecule has 1 N–H and O–H groups in total. The zero-order valence-corrected chi connectivity index (χ0v) is 20.1. The van der Waals surface area contributed by atoms with Gasteiger partial charge in [-0.1, -0.05) is 12.1 Å². The molecule has 3 aromatic rings. The van der Waals surface area contributed by atoms with Gasteiger partial charge in [0.1, 0.15) is 5.60 Å². The first-order chi connectivity index (χ1) is 16.2. The van der Waals surface area contributed by atoms with Gasteiger partial charge in [-0.15, -0.1) is 0 Å². The van der Waals surface area contributed by atoms with Crippen LogP contribution in [0.3, 0.4) is 0 Å². The van der Waals surface area contributed by atoms with Crippen molar-refractivity contribution in [2.45, 2.75) is 52.1 Å². The first kappa shape index (κ1) is 23.5. The molecule has 1 aromatic carbocycles. The third kappa shape index (κ3) is 5.44. The maximum absolute atomic E-state index is 13.2. The van der Waals surface area contributed by atoms with E-state index in [2.05, 4.69) is 21.5 Å². The molecule has 0 bridgehead atoms. The number of hydrogen-bond donors (Lipinski definition) is 1. The summed E-state index contributed by atoms with van der Waals surface area (Å²) in [7, 11) is 0. The van der Waals surface area contributed by atoms with E-state index in [0.717, 1.165) is 16.9 Å². The Balaban J connectivity index is 1.61. The topological polar surface area (TPSA) is 89.4 Å². The minimum Gasteiger partial charge on any atom is -0.444 e. The molecule has 4 rings (SSSR count). The molecular weight excluding hydrogens is 430 g/mol. The quantitative estimate of drug-likeness (QED) is 0.594. The zero-order chi connectivity index (χ0) is 24.3. The van der Waals surface area contributed by atoms with Crippen LogP contribution in [0.15, 0.2) is 55.0 Å². The second-order valence-electron chi connectivity index (χ2n) is 9.63. The lowest BCUT2D eigenvalue weighted by molar-refractivity contribution is 0.0203. The Morgan fingerprint density at radius 1 is 1.09 bits per heavy atom. The maximum atomic E-state index is 13.2. The number of aryl methyl sites for hydroxylation is 1. The largest absolute Gasteiger partial charge is 0.444 e. The average Bonchev–Trinajstić information content (AvgIpc) is 3.24. The van der Waals surface area contributed by atoms with Gasteiger partial charge in [-0.25, -0.2) is 9.48 Å². The molecule has 1 aliphatic heterocycles. The summed E-state index contributed by atoms with van der Waals surface area (Å²) in [6.07, 6.45) is 6.03. The smallest absolute Gasteiger partial charge is 0.410 e. The molecule has 8 nitrogen and oxygen atoms in total. The SMILES string of the molecule is Cc1cccc(-n2ncc(C(=O)Nc3cccnc3)c2C2CCN(C(=O)OC(C)(C)C)CC2)c1. The number of ether oxygens (including phenoxy) is 1. The summed E-state index contributed by atoms with van der Waals surface area (Å²) in [6, 6.07) is 11.6. The molecular formula is C26H31N5O3. The first-order valence-corrected chi connectivity index (χ1v) is 11.6. The van der Waals surface area contributed by atoms with Crippen LogP contribution in [0.4, 0.5) is 10.5 Å². The molecule has 0 unspecified atom stereocenters. The van der Waals surface area contributed by atoms with E-state index in [4.69, 9.17) is 4.74 Å². The minimum absolute atomic E-state index is 0.0661. The second kappa shape index (κ2) is 9.67. The lowest BCUT2D eigenvalue weighted by Gasteiger charge is -2.34. The van der Waals surface area contributed by atoms with Gasteiger partial charge in [0.25, 0.3) is 5.91 Å². The van der Waals surface area contributed by atoms with Crippen molar-refractivity contribution in [3.63, 3.8) is 0 Å². The molecule has 2 aromatic heterocycles. The predicted octanol–water partition coefficient (Wildman–Crippen LogP) is 4.94. The van der Waals surface area contributed by atoms with Gasteiger partial charge in [0.15, 0.2) is 0 Å². The van der Waals surface area contributed by atoms with Gasteiger partial charge in [-0.2, -0.15) is 5.10 Å². The van der Waals surface area contributed by atoms with Crippen molar-refractivity contribution in [3.05, 3.63) is 71.8 Å². The number of pyridine rings is 1. The van der Waals surface area contributed by atoms with Gasteiger partial charge in [0.05, 0.1) is 35.0 Å². The molecule has 0 atom stereocenters. The highest BCUT2D eigenvalue weighted by Gasteiger charge is 2.32. The summed E-state index contributed by atoms with van der Waals surface area (Å²) in [5.41, 5.74) is 3.50. The molecule has 178 valence electrons. The highest BCUT2D eigenvalue weighted by molar-refractivity contribution is 6.05. The summed E-state index contributed by atoms with van der Waals surface area (Å²) >= 11 is 0.